The summed E-state index contributed by atoms with van der Waals surface area (Å²) in [5, 5.41) is 28.7. The van der Waals surface area contributed by atoms with Gasteiger partial charge in [-0.15, -0.1) is 0 Å². The van der Waals surface area contributed by atoms with E-state index in [1.54, 1.807) is 39.0 Å². The molecule has 43 heavy (non-hydrogen) atoms. The van der Waals surface area contributed by atoms with E-state index in [1.165, 1.54) is 32.4 Å². The lowest BCUT2D eigenvalue weighted by Gasteiger charge is -2.29. The number of carbonyl (C=O) groups excluding carboxylic acids is 3. The molecule has 0 fully saturated rings. The summed E-state index contributed by atoms with van der Waals surface area (Å²) in [7, 11) is 2.90. The Morgan fingerprint density at radius 3 is 2.53 bits per heavy atom. The summed E-state index contributed by atoms with van der Waals surface area (Å²) >= 11 is 0. The molecule has 0 spiro atoms. The number of allylic oxidation sites excluding steroid dienone is 4. The molecule has 1 aliphatic carbocycles. The van der Waals surface area contributed by atoms with Gasteiger partial charge in [0, 0.05) is 31.3 Å². The maximum absolute atomic E-state index is 13.5. The molecule has 0 aromatic carbocycles. The number of amides is 2. The van der Waals surface area contributed by atoms with Crippen molar-refractivity contribution in [2.24, 2.45) is 22.7 Å². The number of rotatable bonds is 6. The Bertz CT molecular complexity index is 1240. The molecule has 1 heterocycles. The molecular weight excluding hydrogens is 558 g/mol. The molecule has 236 valence electrons. The zero-order chi connectivity index (χ0) is 32.3. The maximum Gasteiger partial charge on any atom is 0.405 e. The summed E-state index contributed by atoms with van der Waals surface area (Å²) in [6.07, 6.45) is 5.15. The zero-order valence-electron chi connectivity index (χ0n) is 25.5. The summed E-state index contributed by atoms with van der Waals surface area (Å²) in [5.74, 6) is -2.24. The fourth-order valence-electron chi connectivity index (χ4n) is 4.81. The molecule has 12 heteroatoms. The van der Waals surface area contributed by atoms with Crippen LogP contribution in [0.15, 0.2) is 76.4 Å². The van der Waals surface area contributed by atoms with Gasteiger partial charge in [-0.1, -0.05) is 56.0 Å². The Hall–Kier alpha value is -4.00. The highest BCUT2D eigenvalue weighted by molar-refractivity contribution is 6.24. The lowest BCUT2D eigenvalue weighted by Crippen LogP contribution is -2.37. The minimum atomic E-state index is -1.01. The number of nitrogens with zero attached hydrogens (tertiary/aromatic N) is 1. The third kappa shape index (κ3) is 9.77. The molecule has 0 aromatic heterocycles. The standard InChI is InChI=1S/C31H43N3O9/c1-8-12-42-34-23-16-22-27(36)21(28(23)37)13-17(2)14-25(41-7)26(35)19(4)15-20(5)29(43-31(32)39)24(40-6)11-9-10-18(3)30(38)33-22/h8-11,15-17,19,24-26,29,35,37H,1,12-14H2,2-7H3,(H2,32,39)(H,33,38)/b11-9-,18-10+,20-15+,34-23+/t17-,19+,24+,25+,26-,29+/m1/s1. The highest BCUT2D eigenvalue weighted by Crippen LogP contribution is 2.29. The molecule has 1 aliphatic heterocycles. The molecule has 2 aliphatic rings. The van der Waals surface area contributed by atoms with Crippen LogP contribution in [0.4, 0.5) is 4.79 Å². The van der Waals surface area contributed by atoms with Crippen molar-refractivity contribution in [1.29, 1.82) is 0 Å². The molecule has 2 amide bonds. The van der Waals surface area contributed by atoms with Crippen LogP contribution < -0.4 is 11.1 Å². The molecule has 6 atom stereocenters. The van der Waals surface area contributed by atoms with Crippen molar-refractivity contribution < 1.29 is 43.6 Å². The van der Waals surface area contributed by atoms with Crippen LogP contribution in [0.5, 0.6) is 0 Å². The van der Waals surface area contributed by atoms with Crippen molar-refractivity contribution in [3.63, 3.8) is 0 Å². The fourth-order valence-corrected chi connectivity index (χ4v) is 4.81. The largest absolute Gasteiger partial charge is 0.505 e. The number of aliphatic hydroxyl groups excluding tert-OH is 2. The van der Waals surface area contributed by atoms with E-state index in [4.69, 9.17) is 24.8 Å². The second-order valence-electron chi connectivity index (χ2n) is 10.6. The maximum atomic E-state index is 13.5. The first-order valence-corrected chi connectivity index (χ1v) is 13.9. The molecule has 5 N–H and O–H groups in total. The molecule has 0 aromatic rings. The number of ether oxygens (including phenoxy) is 3. The third-order valence-corrected chi connectivity index (χ3v) is 7.13. The number of methoxy groups -OCH3 is 2. The topological polar surface area (TPSA) is 179 Å². The number of primary amides is 1. The summed E-state index contributed by atoms with van der Waals surface area (Å²) in [4.78, 5) is 43.4. The van der Waals surface area contributed by atoms with Gasteiger partial charge < -0.3 is 40.3 Å². The van der Waals surface area contributed by atoms with Crippen LogP contribution >= 0.6 is 0 Å². The Balaban J connectivity index is 2.64. The highest BCUT2D eigenvalue weighted by Gasteiger charge is 2.33. The van der Waals surface area contributed by atoms with E-state index in [2.05, 4.69) is 17.1 Å². The Morgan fingerprint density at radius 2 is 1.93 bits per heavy atom. The number of fused-ring (bicyclic) bond motifs is 2. The van der Waals surface area contributed by atoms with Gasteiger partial charge in [-0.3, -0.25) is 9.59 Å². The van der Waals surface area contributed by atoms with E-state index in [0.29, 0.717) is 12.0 Å². The second kappa shape index (κ2) is 16.6. The van der Waals surface area contributed by atoms with Gasteiger partial charge in [-0.25, -0.2) is 4.79 Å². The SMILES string of the molecule is C=CCO/N=C1\C=C2NC(=O)/C(C)=C/C=C\[C@H](OC)[C@@H](OC(N)=O)/C(C)=C/[C@H](C)[C@@H](O)[C@@H](OC)C[C@H](C)CC(=C1O)C2=O. The number of ketones is 1. The Kier molecular flexibility index (Phi) is 13.6. The highest BCUT2D eigenvalue weighted by atomic mass is 16.6. The summed E-state index contributed by atoms with van der Waals surface area (Å²) in [6.45, 7) is 10.5. The number of oxime groups is 1. The first-order chi connectivity index (χ1) is 20.3. The van der Waals surface area contributed by atoms with E-state index in [-0.39, 0.29) is 47.3 Å². The molecule has 12 nitrogen and oxygen atoms in total. The van der Waals surface area contributed by atoms with Gasteiger partial charge in [0.05, 0.1) is 17.9 Å². The molecule has 0 unspecified atom stereocenters. The van der Waals surface area contributed by atoms with Crippen LogP contribution in [0, 0.1) is 11.8 Å². The van der Waals surface area contributed by atoms with Gasteiger partial charge >= 0.3 is 6.09 Å². The predicted molar refractivity (Wildman–Crippen MR) is 161 cm³/mol. The van der Waals surface area contributed by atoms with Crippen LogP contribution in [0.25, 0.3) is 0 Å². The van der Waals surface area contributed by atoms with E-state index in [1.807, 2.05) is 6.92 Å². The lowest BCUT2D eigenvalue weighted by molar-refractivity contribution is -0.119. The van der Waals surface area contributed by atoms with Crippen molar-refractivity contribution in [2.45, 2.75) is 65.0 Å². The monoisotopic (exact) mass is 601 g/mol. The number of carbonyl (C=O) groups is 3. The number of nitrogens with two attached hydrogens (primary N) is 1. The number of nitrogens with one attached hydrogen (secondary N) is 1. The van der Waals surface area contributed by atoms with Crippen LogP contribution in [0.2, 0.25) is 0 Å². The van der Waals surface area contributed by atoms with Crippen LogP contribution in [-0.4, -0.2) is 79.0 Å². The first-order valence-electron chi connectivity index (χ1n) is 13.9. The molecule has 0 radical (unpaired) electrons. The van der Waals surface area contributed by atoms with Crippen molar-refractivity contribution in [3.8, 4) is 0 Å². The smallest absolute Gasteiger partial charge is 0.405 e. The Labute approximate surface area is 252 Å². The summed E-state index contributed by atoms with van der Waals surface area (Å²) in [5.41, 5.74) is 6.06. The van der Waals surface area contributed by atoms with Gasteiger partial charge in [0.25, 0.3) is 5.91 Å². The average molecular weight is 602 g/mol. The first kappa shape index (κ1) is 35.2. The molecule has 0 saturated heterocycles. The minimum Gasteiger partial charge on any atom is -0.505 e. The predicted octanol–water partition coefficient (Wildman–Crippen LogP) is 3.31. The Morgan fingerprint density at radius 1 is 1.23 bits per heavy atom. The summed E-state index contributed by atoms with van der Waals surface area (Å²) < 4.78 is 16.5. The van der Waals surface area contributed by atoms with Crippen molar-refractivity contribution >= 4 is 23.5 Å². The number of Topliss-reactive ketones (excluding diaryl/α,β-unsaturated/α-hetero) is 1. The van der Waals surface area contributed by atoms with E-state index in [9.17, 15) is 24.6 Å². The zero-order valence-corrected chi connectivity index (χ0v) is 25.5. The van der Waals surface area contributed by atoms with E-state index < -0.39 is 48.1 Å². The van der Waals surface area contributed by atoms with Crippen LogP contribution in [0.3, 0.4) is 0 Å². The van der Waals surface area contributed by atoms with Crippen molar-refractivity contribution in [3.05, 3.63) is 71.2 Å². The average Bonchev–Trinajstić information content (AvgIpc) is 2.96. The molecule has 0 saturated carbocycles. The molecule has 2 rings (SSSR count). The van der Waals surface area contributed by atoms with Gasteiger partial charge in [-0.2, -0.15) is 0 Å². The van der Waals surface area contributed by atoms with Crippen molar-refractivity contribution in [1.82, 2.24) is 5.32 Å². The number of hydrogen-bond acceptors (Lipinski definition) is 10. The molecule has 2 bridgehead atoms. The molecular formula is C31H43N3O9. The fraction of sp³-hybridized carbons (Fsp3) is 0.484. The normalized spacial score (nSPS) is 32.1. The number of aliphatic hydroxyl groups is 2. The van der Waals surface area contributed by atoms with E-state index >= 15 is 0 Å². The van der Waals surface area contributed by atoms with Crippen molar-refractivity contribution in [2.75, 3.05) is 20.8 Å². The third-order valence-electron chi connectivity index (χ3n) is 7.13. The van der Waals surface area contributed by atoms with Crippen LogP contribution in [0.1, 0.15) is 40.5 Å². The lowest BCUT2D eigenvalue weighted by atomic mass is 9.85. The van der Waals surface area contributed by atoms with Crippen LogP contribution in [-0.2, 0) is 28.6 Å². The number of hydrogen-bond donors (Lipinski definition) is 4. The second-order valence-corrected chi connectivity index (χ2v) is 10.6. The van der Waals surface area contributed by atoms with Gasteiger partial charge in [0.2, 0.25) is 5.78 Å². The summed E-state index contributed by atoms with van der Waals surface area (Å²) in [6, 6.07) is 0. The minimum absolute atomic E-state index is 0.0349. The quantitative estimate of drug-likeness (QED) is 0.154. The van der Waals surface area contributed by atoms with Gasteiger partial charge in [-0.05, 0) is 44.3 Å². The van der Waals surface area contributed by atoms with Gasteiger partial charge in [0.1, 0.15) is 18.4 Å². The van der Waals surface area contributed by atoms with E-state index in [0.717, 1.165) is 0 Å². The van der Waals surface area contributed by atoms with Gasteiger partial charge in [0.15, 0.2) is 11.9 Å².